The SMILES string of the molecule is COC(=O)COc1cc2c(cc1Br)CC(NS(=O)(=O)c1ccccc1C(F)(F)F)C2. The molecule has 30 heavy (non-hydrogen) atoms. The third-order valence-electron chi connectivity index (χ3n) is 4.56. The van der Waals surface area contributed by atoms with Crippen molar-refractivity contribution in [2.45, 2.75) is 30.0 Å². The van der Waals surface area contributed by atoms with E-state index in [-0.39, 0.29) is 13.0 Å². The van der Waals surface area contributed by atoms with Crippen LogP contribution in [0.5, 0.6) is 5.75 Å². The number of hydrogen-bond donors (Lipinski definition) is 1. The molecule has 0 saturated carbocycles. The average Bonchev–Trinajstić information content (AvgIpc) is 3.05. The molecule has 1 atom stereocenters. The Morgan fingerprint density at radius 1 is 1.20 bits per heavy atom. The van der Waals surface area contributed by atoms with Crippen molar-refractivity contribution in [2.24, 2.45) is 0 Å². The zero-order valence-electron chi connectivity index (χ0n) is 15.6. The van der Waals surface area contributed by atoms with Gasteiger partial charge in [-0.05, 0) is 64.2 Å². The summed E-state index contributed by atoms with van der Waals surface area (Å²) in [6.07, 6.45) is -4.22. The molecular formula is C19H17BrF3NO5S. The fourth-order valence-electron chi connectivity index (χ4n) is 3.23. The quantitative estimate of drug-likeness (QED) is 0.605. The molecule has 1 N–H and O–H groups in total. The highest BCUT2D eigenvalue weighted by Crippen LogP contribution is 2.36. The molecule has 0 aromatic heterocycles. The molecule has 0 bridgehead atoms. The minimum Gasteiger partial charge on any atom is -0.481 e. The van der Waals surface area contributed by atoms with Crippen molar-refractivity contribution in [3.05, 3.63) is 57.6 Å². The number of alkyl halides is 3. The maximum Gasteiger partial charge on any atom is 0.417 e. The number of esters is 1. The second-order valence-electron chi connectivity index (χ2n) is 6.64. The van der Waals surface area contributed by atoms with Crippen molar-refractivity contribution in [3.63, 3.8) is 0 Å². The minimum absolute atomic E-state index is 0.268. The van der Waals surface area contributed by atoms with Gasteiger partial charge >= 0.3 is 12.1 Å². The summed E-state index contributed by atoms with van der Waals surface area (Å²) >= 11 is 3.33. The molecule has 2 aromatic carbocycles. The van der Waals surface area contributed by atoms with Gasteiger partial charge in [0.05, 0.1) is 22.0 Å². The number of sulfonamides is 1. The van der Waals surface area contributed by atoms with Gasteiger partial charge in [-0.3, -0.25) is 0 Å². The Balaban J connectivity index is 1.78. The van der Waals surface area contributed by atoms with Crippen LogP contribution in [0.4, 0.5) is 13.2 Å². The first-order valence-corrected chi connectivity index (χ1v) is 11.0. The predicted octanol–water partition coefficient (Wildman–Crippen LogP) is 3.47. The van der Waals surface area contributed by atoms with Gasteiger partial charge in [0.1, 0.15) is 5.75 Å². The van der Waals surface area contributed by atoms with Crippen LogP contribution in [0, 0.1) is 0 Å². The monoisotopic (exact) mass is 507 g/mol. The number of nitrogens with one attached hydrogen (secondary N) is 1. The van der Waals surface area contributed by atoms with Gasteiger partial charge in [-0.15, -0.1) is 0 Å². The Morgan fingerprint density at radius 3 is 2.47 bits per heavy atom. The lowest BCUT2D eigenvalue weighted by Crippen LogP contribution is -2.36. The van der Waals surface area contributed by atoms with E-state index in [0.717, 1.165) is 29.3 Å². The number of methoxy groups -OCH3 is 1. The van der Waals surface area contributed by atoms with Gasteiger partial charge in [-0.2, -0.15) is 13.2 Å². The number of fused-ring (bicyclic) bond motifs is 1. The van der Waals surface area contributed by atoms with Crippen LogP contribution in [-0.4, -0.2) is 34.1 Å². The Labute approximate surface area is 179 Å². The van der Waals surface area contributed by atoms with Crippen LogP contribution in [-0.2, 0) is 38.6 Å². The molecule has 1 aliphatic carbocycles. The van der Waals surface area contributed by atoms with Crippen LogP contribution in [0.15, 0.2) is 45.8 Å². The number of benzene rings is 2. The van der Waals surface area contributed by atoms with Crippen LogP contribution in [0.3, 0.4) is 0 Å². The van der Waals surface area contributed by atoms with Gasteiger partial charge in [0.25, 0.3) is 0 Å². The van der Waals surface area contributed by atoms with Crippen molar-refractivity contribution < 1.29 is 35.9 Å². The van der Waals surface area contributed by atoms with E-state index in [9.17, 15) is 26.4 Å². The van der Waals surface area contributed by atoms with Crippen LogP contribution >= 0.6 is 15.9 Å². The van der Waals surface area contributed by atoms with Gasteiger partial charge in [0.2, 0.25) is 10.0 Å². The molecule has 3 rings (SSSR count). The summed E-state index contributed by atoms with van der Waals surface area (Å²) in [6, 6.07) is 6.84. The maximum atomic E-state index is 13.2. The van der Waals surface area contributed by atoms with Crippen LogP contribution < -0.4 is 9.46 Å². The lowest BCUT2D eigenvalue weighted by molar-refractivity contribution is -0.143. The zero-order chi connectivity index (χ0) is 22.1. The van der Waals surface area contributed by atoms with Crippen molar-refractivity contribution >= 4 is 31.9 Å². The molecular weight excluding hydrogens is 491 g/mol. The minimum atomic E-state index is -4.79. The molecule has 162 valence electrons. The highest BCUT2D eigenvalue weighted by atomic mass is 79.9. The molecule has 0 saturated heterocycles. The van der Waals surface area contributed by atoms with Gasteiger partial charge in [-0.25, -0.2) is 17.9 Å². The van der Waals surface area contributed by atoms with Crippen molar-refractivity contribution in [3.8, 4) is 5.75 Å². The maximum absolute atomic E-state index is 13.2. The van der Waals surface area contributed by atoms with Crippen molar-refractivity contribution in [1.82, 2.24) is 4.72 Å². The number of ether oxygens (including phenoxy) is 2. The number of rotatable bonds is 6. The summed E-state index contributed by atoms with van der Waals surface area (Å²) in [5.74, 6) is -0.179. The highest BCUT2D eigenvalue weighted by Gasteiger charge is 2.38. The van der Waals surface area contributed by atoms with E-state index < -0.39 is 38.7 Å². The molecule has 0 amide bonds. The molecule has 1 unspecified atom stereocenters. The fourth-order valence-corrected chi connectivity index (χ4v) is 5.20. The van der Waals surface area contributed by atoms with Crippen LogP contribution in [0.1, 0.15) is 16.7 Å². The van der Waals surface area contributed by atoms with E-state index in [0.29, 0.717) is 16.6 Å². The Kier molecular flexibility index (Phi) is 6.44. The largest absolute Gasteiger partial charge is 0.481 e. The van der Waals surface area contributed by atoms with Crippen LogP contribution in [0.2, 0.25) is 0 Å². The standard InChI is InChI=1S/C19H17BrF3NO5S/c1-28-18(25)10-29-16-9-12-7-13(6-11(12)8-15(16)20)24-30(26,27)17-5-3-2-4-14(17)19(21,22)23/h2-5,8-9,13,24H,6-7,10H2,1H3. The van der Waals surface area contributed by atoms with Gasteiger partial charge in [0, 0.05) is 6.04 Å². The Hall–Kier alpha value is -2.11. The summed E-state index contributed by atoms with van der Waals surface area (Å²) in [5.41, 5.74) is 0.383. The third kappa shape index (κ3) is 4.96. The van der Waals surface area contributed by atoms with E-state index in [2.05, 4.69) is 25.4 Å². The van der Waals surface area contributed by atoms with Gasteiger partial charge in [-0.1, -0.05) is 12.1 Å². The summed E-state index contributed by atoms with van der Waals surface area (Å²) in [5, 5.41) is 0. The number of hydrogen-bond acceptors (Lipinski definition) is 5. The zero-order valence-corrected chi connectivity index (χ0v) is 18.0. The highest BCUT2D eigenvalue weighted by molar-refractivity contribution is 9.10. The Morgan fingerprint density at radius 2 is 1.83 bits per heavy atom. The summed E-state index contributed by atoms with van der Waals surface area (Å²) in [7, 11) is -3.16. The van der Waals surface area contributed by atoms with Crippen molar-refractivity contribution in [1.29, 1.82) is 0 Å². The Bertz CT molecular complexity index is 1070. The predicted molar refractivity (Wildman–Crippen MR) is 105 cm³/mol. The van der Waals surface area contributed by atoms with E-state index >= 15 is 0 Å². The summed E-state index contributed by atoms with van der Waals surface area (Å²) in [6.45, 7) is -0.293. The van der Waals surface area contributed by atoms with Crippen LogP contribution in [0.25, 0.3) is 0 Å². The number of carbonyl (C=O) groups is 1. The molecule has 0 fully saturated rings. The first kappa shape index (κ1) is 22.6. The van der Waals surface area contributed by atoms with Crippen molar-refractivity contribution in [2.75, 3.05) is 13.7 Å². The van der Waals surface area contributed by atoms with E-state index in [1.54, 1.807) is 12.1 Å². The second-order valence-corrected chi connectivity index (χ2v) is 9.17. The molecule has 0 radical (unpaired) electrons. The van der Waals surface area contributed by atoms with Gasteiger partial charge in [0.15, 0.2) is 6.61 Å². The van der Waals surface area contributed by atoms with E-state index in [1.807, 2.05) is 0 Å². The third-order valence-corrected chi connectivity index (χ3v) is 6.76. The lowest BCUT2D eigenvalue weighted by Gasteiger charge is -2.16. The number of carbonyl (C=O) groups excluding carboxylic acids is 1. The smallest absolute Gasteiger partial charge is 0.417 e. The van der Waals surface area contributed by atoms with Gasteiger partial charge < -0.3 is 9.47 Å². The van der Waals surface area contributed by atoms with E-state index in [4.69, 9.17) is 4.74 Å². The average molecular weight is 508 g/mol. The molecule has 6 nitrogen and oxygen atoms in total. The molecule has 0 aliphatic heterocycles. The first-order chi connectivity index (χ1) is 14.0. The molecule has 2 aromatic rings. The summed E-state index contributed by atoms with van der Waals surface area (Å²) < 4.78 is 77.8. The molecule has 0 heterocycles. The first-order valence-electron chi connectivity index (χ1n) is 8.70. The lowest BCUT2D eigenvalue weighted by atomic mass is 10.1. The summed E-state index contributed by atoms with van der Waals surface area (Å²) in [4.78, 5) is 10.4. The normalized spacial score (nSPS) is 16.2. The molecule has 1 aliphatic rings. The second kappa shape index (κ2) is 8.56. The number of halogens is 4. The molecule has 11 heteroatoms. The van der Waals surface area contributed by atoms with E-state index in [1.165, 1.54) is 13.2 Å². The fraction of sp³-hybridized carbons (Fsp3) is 0.316. The molecule has 0 spiro atoms. The topological polar surface area (TPSA) is 81.7 Å².